The lowest BCUT2D eigenvalue weighted by atomic mass is 9.87. The predicted molar refractivity (Wildman–Crippen MR) is 71.2 cm³/mol. The molecule has 1 saturated carbocycles. The maximum absolute atomic E-state index is 11.9. The molecule has 0 unspecified atom stereocenters. The molecule has 0 bridgehead atoms. The van der Waals surface area contributed by atoms with Crippen LogP contribution in [-0.2, 0) is 4.79 Å². The number of piperidine rings is 1. The van der Waals surface area contributed by atoms with E-state index in [9.17, 15) is 9.90 Å². The van der Waals surface area contributed by atoms with Crippen molar-refractivity contribution in [3.05, 3.63) is 0 Å². The van der Waals surface area contributed by atoms with Crippen molar-refractivity contribution in [1.82, 2.24) is 10.2 Å². The average molecular weight is 254 g/mol. The summed E-state index contributed by atoms with van der Waals surface area (Å²) in [6, 6.07) is 0.378. The van der Waals surface area contributed by atoms with Crippen molar-refractivity contribution in [3.8, 4) is 0 Å². The summed E-state index contributed by atoms with van der Waals surface area (Å²) in [5, 5.41) is 12.7. The first-order valence-electron chi connectivity index (χ1n) is 7.33. The Labute approximate surface area is 110 Å². The molecule has 0 aromatic heterocycles. The summed E-state index contributed by atoms with van der Waals surface area (Å²) in [4.78, 5) is 14.0. The number of nitrogens with zero attached hydrogens (tertiary/aromatic N) is 1. The normalized spacial score (nSPS) is 34.2. The molecular formula is C14H26N2O2. The molecule has 0 aromatic rings. The standard InChI is InChI=1S/C14H26N2O2/c1-11-4-6-12(7-5-11)15-14(18)10-16-8-2-3-13(17)9-16/h11-13,17H,2-10H2,1H3,(H,15,18)/t11?,12?,13-/m0/s1. The van der Waals surface area contributed by atoms with E-state index in [4.69, 9.17) is 0 Å². The molecule has 4 nitrogen and oxygen atoms in total. The van der Waals surface area contributed by atoms with Gasteiger partial charge in [0.2, 0.25) is 5.91 Å². The lowest BCUT2D eigenvalue weighted by Crippen LogP contribution is -2.47. The monoisotopic (exact) mass is 254 g/mol. The third kappa shape index (κ3) is 4.25. The van der Waals surface area contributed by atoms with Gasteiger partial charge in [-0.3, -0.25) is 9.69 Å². The maximum Gasteiger partial charge on any atom is 0.234 e. The van der Waals surface area contributed by atoms with Crippen molar-refractivity contribution in [1.29, 1.82) is 0 Å². The quantitative estimate of drug-likeness (QED) is 0.794. The van der Waals surface area contributed by atoms with Crippen LogP contribution in [0.5, 0.6) is 0 Å². The van der Waals surface area contributed by atoms with Crippen molar-refractivity contribution >= 4 is 5.91 Å². The number of rotatable bonds is 3. The van der Waals surface area contributed by atoms with Gasteiger partial charge < -0.3 is 10.4 Å². The zero-order valence-electron chi connectivity index (χ0n) is 11.4. The summed E-state index contributed by atoms with van der Waals surface area (Å²) in [7, 11) is 0. The van der Waals surface area contributed by atoms with Gasteiger partial charge in [0.25, 0.3) is 0 Å². The Bertz CT molecular complexity index is 275. The molecule has 2 aliphatic rings. The minimum atomic E-state index is -0.248. The predicted octanol–water partition coefficient (Wildman–Crippen LogP) is 1.14. The fourth-order valence-electron chi connectivity index (χ4n) is 3.06. The van der Waals surface area contributed by atoms with Crippen LogP contribution >= 0.6 is 0 Å². The van der Waals surface area contributed by atoms with Gasteiger partial charge in [0.05, 0.1) is 12.6 Å². The smallest absolute Gasteiger partial charge is 0.234 e. The number of β-amino-alcohol motifs (C(OH)–C–C–N with tert-alkyl or cyclic N) is 1. The summed E-state index contributed by atoms with van der Waals surface area (Å²) in [5.74, 6) is 0.944. The molecule has 2 fully saturated rings. The van der Waals surface area contributed by atoms with Crippen LogP contribution < -0.4 is 5.32 Å². The number of hydrogen-bond donors (Lipinski definition) is 2. The molecule has 104 valence electrons. The fraction of sp³-hybridized carbons (Fsp3) is 0.929. The minimum absolute atomic E-state index is 0.128. The molecule has 1 heterocycles. The van der Waals surface area contributed by atoms with Crippen LogP contribution in [0.1, 0.15) is 45.4 Å². The van der Waals surface area contributed by atoms with E-state index in [2.05, 4.69) is 17.1 Å². The molecule has 2 rings (SSSR count). The molecule has 0 radical (unpaired) electrons. The molecule has 1 saturated heterocycles. The van der Waals surface area contributed by atoms with Gasteiger partial charge in [-0.15, -0.1) is 0 Å². The van der Waals surface area contributed by atoms with Crippen LogP contribution in [0, 0.1) is 5.92 Å². The minimum Gasteiger partial charge on any atom is -0.392 e. The molecular weight excluding hydrogens is 228 g/mol. The molecule has 1 atom stereocenters. The van der Waals surface area contributed by atoms with E-state index in [1.54, 1.807) is 0 Å². The molecule has 18 heavy (non-hydrogen) atoms. The molecule has 1 amide bonds. The summed E-state index contributed by atoms with van der Waals surface area (Å²) in [6.45, 7) is 4.32. The largest absolute Gasteiger partial charge is 0.392 e. The fourth-order valence-corrected chi connectivity index (χ4v) is 3.06. The molecule has 1 aliphatic heterocycles. The molecule has 1 aliphatic carbocycles. The summed E-state index contributed by atoms with van der Waals surface area (Å²) in [5.41, 5.74) is 0. The topological polar surface area (TPSA) is 52.6 Å². The highest BCUT2D eigenvalue weighted by Gasteiger charge is 2.23. The number of likely N-dealkylation sites (tertiary alicyclic amines) is 1. The SMILES string of the molecule is CC1CCC(NC(=O)CN2CCC[C@H](O)C2)CC1. The van der Waals surface area contributed by atoms with Crippen LogP contribution in [0.3, 0.4) is 0 Å². The van der Waals surface area contributed by atoms with Crippen LogP contribution in [0.15, 0.2) is 0 Å². The summed E-state index contributed by atoms with van der Waals surface area (Å²) < 4.78 is 0. The Hall–Kier alpha value is -0.610. The van der Waals surface area contributed by atoms with Gasteiger partial charge >= 0.3 is 0 Å². The third-order valence-electron chi connectivity index (χ3n) is 4.23. The van der Waals surface area contributed by atoms with E-state index in [0.717, 1.165) is 38.1 Å². The summed E-state index contributed by atoms with van der Waals surface area (Å²) in [6.07, 6.45) is 6.32. The Kier molecular flexibility index (Phi) is 5.01. The van der Waals surface area contributed by atoms with Crippen molar-refractivity contribution < 1.29 is 9.90 Å². The zero-order chi connectivity index (χ0) is 13.0. The highest BCUT2D eigenvalue weighted by molar-refractivity contribution is 5.78. The van der Waals surface area contributed by atoms with Gasteiger partial charge in [0.1, 0.15) is 0 Å². The number of aliphatic hydroxyl groups excluding tert-OH is 1. The van der Waals surface area contributed by atoms with Gasteiger partial charge in [-0.2, -0.15) is 0 Å². The van der Waals surface area contributed by atoms with E-state index in [1.165, 1.54) is 12.8 Å². The Morgan fingerprint density at radius 2 is 2.00 bits per heavy atom. The second-order valence-electron chi connectivity index (χ2n) is 6.06. The number of amides is 1. The van der Waals surface area contributed by atoms with Crippen LogP contribution in [0.25, 0.3) is 0 Å². The Morgan fingerprint density at radius 1 is 1.28 bits per heavy atom. The number of nitrogens with one attached hydrogen (secondary N) is 1. The van der Waals surface area contributed by atoms with Crippen molar-refractivity contribution in [2.75, 3.05) is 19.6 Å². The third-order valence-corrected chi connectivity index (χ3v) is 4.23. The second-order valence-corrected chi connectivity index (χ2v) is 6.06. The molecule has 0 aromatic carbocycles. The number of aliphatic hydroxyl groups is 1. The second kappa shape index (κ2) is 6.53. The van der Waals surface area contributed by atoms with Gasteiger partial charge in [-0.25, -0.2) is 0 Å². The van der Waals surface area contributed by atoms with Gasteiger partial charge in [-0.1, -0.05) is 6.92 Å². The average Bonchev–Trinajstić information content (AvgIpc) is 2.32. The van der Waals surface area contributed by atoms with Crippen LogP contribution in [0.4, 0.5) is 0 Å². The van der Waals surface area contributed by atoms with E-state index in [1.807, 2.05) is 0 Å². The van der Waals surface area contributed by atoms with Crippen LogP contribution in [-0.4, -0.2) is 47.7 Å². The van der Waals surface area contributed by atoms with E-state index < -0.39 is 0 Å². The molecule has 2 N–H and O–H groups in total. The van der Waals surface area contributed by atoms with Crippen molar-refractivity contribution in [3.63, 3.8) is 0 Å². The van der Waals surface area contributed by atoms with E-state index >= 15 is 0 Å². The Morgan fingerprint density at radius 3 is 2.67 bits per heavy atom. The first kappa shape index (κ1) is 13.8. The Balaban J connectivity index is 1.68. The lowest BCUT2D eigenvalue weighted by molar-refractivity contribution is -0.123. The number of carbonyl (C=O) groups is 1. The first-order valence-corrected chi connectivity index (χ1v) is 7.33. The summed E-state index contributed by atoms with van der Waals surface area (Å²) >= 11 is 0. The van der Waals surface area contributed by atoms with Gasteiger partial charge in [0.15, 0.2) is 0 Å². The van der Waals surface area contributed by atoms with Crippen LogP contribution in [0.2, 0.25) is 0 Å². The lowest BCUT2D eigenvalue weighted by Gasteiger charge is -2.31. The molecule has 0 spiro atoms. The highest BCUT2D eigenvalue weighted by Crippen LogP contribution is 2.23. The maximum atomic E-state index is 11.9. The number of hydrogen-bond acceptors (Lipinski definition) is 3. The van der Waals surface area contributed by atoms with Gasteiger partial charge in [-0.05, 0) is 51.0 Å². The van der Waals surface area contributed by atoms with Crippen molar-refractivity contribution in [2.24, 2.45) is 5.92 Å². The zero-order valence-corrected chi connectivity index (χ0v) is 11.4. The van der Waals surface area contributed by atoms with Crippen molar-refractivity contribution in [2.45, 2.75) is 57.6 Å². The van der Waals surface area contributed by atoms with Gasteiger partial charge in [0, 0.05) is 12.6 Å². The van der Waals surface area contributed by atoms with E-state index in [-0.39, 0.29) is 12.0 Å². The first-order chi connectivity index (χ1) is 8.63. The molecule has 4 heteroatoms. The number of carbonyl (C=O) groups excluding carboxylic acids is 1. The highest BCUT2D eigenvalue weighted by atomic mass is 16.3. The van der Waals surface area contributed by atoms with E-state index in [0.29, 0.717) is 19.1 Å².